The SMILES string of the molecule is COC(=O)\C=C/C=C/C=C\c1ccccc1/C=C/C=C/C(=O)OC. The summed E-state index contributed by atoms with van der Waals surface area (Å²) in [6, 6.07) is 7.85. The number of methoxy groups -OCH3 is 2. The number of ether oxygens (including phenoxy) is 2. The summed E-state index contributed by atoms with van der Waals surface area (Å²) in [7, 11) is 2.67. The van der Waals surface area contributed by atoms with Crippen molar-refractivity contribution in [1.29, 1.82) is 0 Å². The van der Waals surface area contributed by atoms with Crippen molar-refractivity contribution in [2.45, 2.75) is 0 Å². The van der Waals surface area contributed by atoms with E-state index in [1.165, 1.54) is 26.4 Å². The zero-order valence-corrected chi connectivity index (χ0v) is 13.7. The van der Waals surface area contributed by atoms with Crippen LogP contribution < -0.4 is 0 Å². The summed E-state index contributed by atoms with van der Waals surface area (Å²) in [6.07, 6.45) is 17.0. The molecule has 0 aliphatic heterocycles. The molecule has 24 heavy (non-hydrogen) atoms. The summed E-state index contributed by atoms with van der Waals surface area (Å²) < 4.78 is 9.01. The first-order valence-corrected chi connectivity index (χ1v) is 7.28. The van der Waals surface area contributed by atoms with Crippen molar-refractivity contribution in [2.24, 2.45) is 0 Å². The predicted molar refractivity (Wildman–Crippen MR) is 96.0 cm³/mol. The van der Waals surface area contributed by atoms with E-state index in [0.717, 1.165) is 11.1 Å². The van der Waals surface area contributed by atoms with E-state index in [2.05, 4.69) is 9.47 Å². The molecule has 1 aromatic carbocycles. The summed E-state index contributed by atoms with van der Waals surface area (Å²) >= 11 is 0. The Kier molecular flexibility index (Phi) is 9.01. The van der Waals surface area contributed by atoms with Gasteiger partial charge in [-0.05, 0) is 11.1 Å². The molecule has 0 aliphatic carbocycles. The van der Waals surface area contributed by atoms with Gasteiger partial charge in [0.1, 0.15) is 0 Å². The lowest BCUT2D eigenvalue weighted by Crippen LogP contribution is -1.92. The monoisotopic (exact) mass is 324 g/mol. The maximum Gasteiger partial charge on any atom is 0.330 e. The molecule has 4 heteroatoms. The van der Waals surface area contributed by atoms with Gasteiger partial charge in [-0.2, -0.15) is 0 Å². The van der Waals surface area contributed by atoms with Gasteiger partial charge < -0.3 is 9.47 Å². The van der Waals surface area contributed by atoms with Crippen LogP contribution in [0.25, 0.3) is 12.2 Å². The predicted octanol–water partition coefficient (Wildman–Crippen LogP) is 3.73. The van der Waals surface area contributed by atoms with Crippen LogP contribution in [-0.2, 0) is 19.1 Å². The van der Waals surface area contributed by atoms with Crippen molar-refractivity contribution in [1.82, 2.24) is 0 Å². The Bertz CT molecular complexity index is 691. The third-order valence-electron chi connectivity index (χ3n) is 2.86. The van der Waals surface area contributed by atoms with Crippen LogP contribution in [0.3, 0.4) is 0 Å². The van der Waals surface area contributed by atoms with Gasteiger partial charge in [0.2, 0.25) is 0 Å². The van der Waals surface area contributed by atoms with Crippen LogP contribution in [0.15, 0.2) is 72.9 Å². The number of rotatable bonds is 7. The molecular formula is C20H20O4. The molecule has 0 atom stereocenters. The average molecular weight is 324 g/mol. The van der Waals surface area contributed by atoms with E-state index in [1.54, 1.807) is 24.3 Å². The number of carbonyl (C=O) groups is 2. The van der Waals surface area contributed by atoms with Crippen LogP contribution in [0, 0.1) is 0 Å². The molecule has 1 aromatic rings. The fourth-order valence-corrected chi connectivity index (χ4v) is 1.67. The van der Waals surface area contributed by atoms with Crippen molar-refractivity contribution in [3.8, 4) is 0 Å². The van der Waals surface area contributed by atoms with Gasteiger partial charge in [0.15, 0.2) is 0 Å². The van der Waals surface area contributed by atoms with Crippen molar-refractivity contribution in [2.75, 3.05) is 14.2 Å². The Hall–Kier alpha value is -3.14. The molecular weight excluding hydrogens is 304 g/mol. The number of hydrogen-bond acceptors (Lipinski definition) is 4. The Balaban J connectivity index is 2.71. The third-order valence-corrected chi connectivity index (χ3v) is 2.86. The molecule has 0 heterocycles. The van der Waals surface area contributed by atoms with Crippen LogP contribution in [0.4, 0.5) is 0 Å². The van der Waals surface area contributed by atoms with E-state index < -0.39 is 5.97 Å². The van der Waals surface area contributed by atoms with Gasteiger partial charge in [0.05, 0.1) is 14.2 Å². The molecule has 0 amide bonds. The number of benzene rings is 1. The summed E-state index contributed by atoms with van der Waals surface area (Å²) in [6.45, 7) is 0. The van der Waals surface area contributed by atoms with Crippen LogP contribution in [0.1, 0.15) is 11.1 Å². The highest BCUT2D eigenvalue weighted by atomic mass is 16.5. The molecule has 0 spiro atoms. The molecule has 0 radical (unpaired) electrons. The summed E-state index contributed by atoms with van der Waals surface area (Å²) in [5.41, 5.74) is 2.04. The van der Waals surface area contributed by atoms with E-state index in [1.807, 2.05) is 48.6 Å². The highest BCUT2D eigenvalue weighted by molar-refractivity contribution is 5.82. The first-order chi connectivity index (χ1) is 11.7. The maximum atomic E-state index is 11.0. The Labute approximate surface area is 142 Å². The lowest BCUT2D eigenvalue weighted by atomic mass is 10.1. The lowest BCUT2D eigenvalue weighted by Gasteiger charge is -1.99. The zero-order chi connectivity index (χ0) is 17.6. The first-order valence-electron chi connectivity index (χ1n) is 7.28. The largest absolute Gasteiger partial charge is 0.466 e. The number of esters is 2. The van der Waals surface area contributed by atoms with Gasteiger partial charge >= 0.3 is 11.9 Å². The minimum absolute atomic E-state index is 0.390. The lowest BCUT2D eigenvalue weighted by molar-refractivity contribution is -0.135. The van der Waals surface area contributed by atoms with E-state index in [0.29, 0.717) is 0 Å². The Morgan fingerprint density at radius 1 is 0.708 bits per heavy atom. The van der Waals surface area contributed by atoms with Gasteiger partial charge in [-0.3, -0.25) is 0 Å². The van der Waals surface area contributed by atoms with Crippen molar-refractivity contribution in [3.05, 3.63) is 84.0 Å². The second-order valence-corrected chi connectivity index (χ2v) is 4.50. The van der Waals surface area contributed by atoms with Gasteiger partial charge in [-0.1, -0.05) is 72.9 Å². The standard InChI is InChI=1S/C20H20O4/c1-23-19(21)15-6-4-3-5-11-17-12-7-8-13-18(17)14-9-10-16-20(22)24-2/h3-16H,1-2H3/b4-3+,11-5-,14-9+,15-6-,16-10+. The molecule has 4 nitrogen and oxygen atoms in total. The molecule has 124 valence electrons. The molecule has 0 saturated heterocycles. The van der Waals surface area contributed by atoms with Gasteiger partial charge in [-0.15, -0.1) is 0 Å². The average Bonchev–Trinajstić information content (AvgIpc) is 2.62. The van der Waals surface area contributed by atoms with E-state index in [9.17, 15) is 9.59 Å². The quantitative estimate of drug-likeness (QED) is 0.436. The topological polar surface area (TPSA) is 52.6 Å². The van der Waals surface area contributed by atoms with E-state index in [-0.39, 0.29) is 5.97 Å². The maximum absolute atomic E-state index is 11.0. The summed E-state index contributed by atoms with van der Waals surface area (Å²) in [5, 5.41) is 0. The molecule has 0 unspecified atom stereocenters. The van der Waals surface area contributed by atoms with E-state index >= 15 is 0 Å². The van der Waals surface area contributed by atoms with Crippen molar-refractivity contribution >= 4 is 24.1 Å². The van der Waals surface area contributed by atoms with Gasteiger partial charge in [0, 0.05) is 12.2 Å². The van der Waals surface area contributed by atoms with Crippen LogP contribution in [-0.4, -0.2) is 26.2 Å². The van der Waals surface area contributed by atoms with E-state index in [4.69, 9.17) is 0 Å². The first kappa shape index (κ1) is 18.9. The van der Waals surface area contributed by atoms with Gasteiger partial charge in [0.25, 0.3) is 0 Å². The molecule has 1 rings (SSSR count). The van der Waals surface area contributed by atoms with Crippen LogP contribution >= 0.6 is 0 Å². The second kappa shape index (κ2) is 11.4. The number of allylic oxidation sites excluding steroid dienone is 6. The van der Waals surface area contributed by atoms with Crippen molar-refractivity contribution < 1.29 is 19.1 Å². The fourth-order valence-electron chi connectivity index (χ4n) is 1.67. The molecule has 0 N–H and O–H groups in total. The van der Waals surface area contributed by atoms with Crippen LogP contribution in [0.5, 0.6) is 0 Å². The highest BCUT2D eigenvalue weighted by Crippen LogP contribution is 2.12. The number of carbonyl (C=O) groups excluding carboxylic acids is 2. The molecule has 0 aliphatic rings. The Morgan fingerprint density at radius 2 is 1.12 bits per heavy atom. The Morgan fingerprint density at radius 3 is 1.62 bits per heavy atom. The molecule has 0 saturated carbocycles. The molecule has 0 fully saturated rings. The minimum Gasteiger partial charge on any atom is -0.466 e. The summed E-state index contributed by atoms with van der Waals surface area (Å²) in [4.78, 5) is 21.9. The normalized spacial score (nSPS) is 12.1. The smallest absolute Gasteiger partial charge is 0.330 e. The highest BCUT2D eigenvalue weighted by Gasteiger charge is 1.93. The minimum atomic E-state index is -0.391. The molecule has 0 bridgehead atoms. The summed E-state index contributed by atoms with van der Waals surface area (Å²) in [5.74, 6) is -0.780. The van der Waals surface area contributed by atoms with Crippen LogP contribution in [0.2, 0.25) is 0 Å². The number of hydrogen-bond donors (Lipinski definition) is 0. The van der Waals surface area contributed by atoms with Crippen molar-refractivity contribution in [3.63, 3.8) is 0 Å². The third kappa shape index (κ3) is 7.75. The fraction of sp³-hybridized carbons (Fsp3) is 0.100. The van der Waals surface area contributed by atoms with Gasteiger partial charge in [-0.25, -0.2) is 9.59 Å². The molecule has 0 aromatic heterocycles. The second-order valence-electron chi connectivity index (χ2n) is 4.50. The zero-order valence-electron chi connectivity index (χ0n) is 13.7.